The van der Waals surface area contributed by atoms with Gasteiger partial charge in [-0.15, -0.1) is 0 Å². The normalized spacial score (nSPS) is 14.3. The molecular weight excluding hydrogens is 308 g/mol. The zero-order valence-electron chi connectivity index (χ0n) is 14.5. The standard InChI is InChI=1S/C18H26N2O4/c1-4-5-12-24-15-8-6-14(7-9-15)18(2,13-17(22)23-3)20-16(21)10-11-19/h6-9,16,20-21H,4-5,10,12-13H2,1-3H3. The average Bonchev–Trinajstić information content (AvgIpc) is 2.55. The van der Waals surface area contributed by atoms with Crippen LogP contribution in [0.3, 0.4) is 0 Å². The van der Waals surface area contributed by atoms with Gasteiger partial charge in [0.15, 0.2) is 0 Å². The molecule has 6 nitrogen and oxygen atoms in total. The largest absolute Gasteiger partial charge is 0.494 e. The van der Waals surface area contributed by atoms with E-state index in [2.05, 4.69) is 12.2 Å². The van der Waals surface area contributed by atoms with Crippen LogP contribution in [0.1, 0.15) is 45.1 Å². The molecule has 1 rings (SSSR count). The summed E-state index contributed by atoms with van der Waals surface area (Å²) in [5.41, 5.74) is -0.0570. The first-order valence-electron chi connectivity index (χ1n) is 8.08. The van der Waals surface area contributed by atoms with Gasteiger partial charge in [0.2, 0.25) is 0 Å². The van der Waals surface area contributed by atoms with Gasteiger partial charge in [0.1, 0.15) is 12.0 Å². The first-order chi connectivity index (χ1) is 11.4. The number of rotatable bonds is 10. The van der Waals surface area contributed by atoms with E-state index in [0.717, 1.165) is 24.2 Å². The molecule has 6 heteroatoms. The van der Waals surface area contributed by atoms with Crippen LogP contribution in [0.25, 0.3) is 0 Å². The van der Waals surface area contributed by atoms with Crippen molar-refractivity contribution in [1.82, 2.24) is 5.32 Å². The number of esters is 1. The Morgan fingerprint density at radius 1 is 1.42 bits per heavy atom. The summed E-state index contributed by atoms with van der Waals surface area (Å²) in [6, 6.07) is 9.25. The minimum Gasteiger partial charge on any atom is -0.494 e. The SMILES string of the molecule is CCCCOc1ccc(C(C)(CC(=O)OC)NC(O)CC#N)cc1. The Kier molecular flexibility index (Phi) is 8.24. The third kappa shape index (κ3) is 6.19. The van der Waals surface area contributed by atoms with E-state index in [1.165, 1.54) is 7.11 Å². The molecule has 1 aromatic carbocycles. The van der Waals surface area contributed by atoms with Crippen LogP contribution < -0.4 is 10.1 Å². The number of unbranched alkanes of at least 4 members (excludes halogenated alkanes) is 1. The number of aliphatic hydroxyl groups excluding tert-OH is 1. The molecule has 1 aromatic rings. The topological polar surface area (TPSA) is 91.6 Å². The number of nitrogens with zero attached hydrogens (tertiary/aromatic N) is 1. The summed E-state index contributed by atoms with van der Waals surface area (Å²) in [4.78, 5) is 11.7. The lowest BCUT2D eigenvalue weighted by Crippen LogP contribution is -2.47. The van der Waals surface area contributed by atoms with Gasteiger partial charge in [0.05, 0.1) is 38.2 Å². The summed E-state index contributed by atoms with van der Waals surface area (Å²) in [7, 11) is 1.32. The number of aliphatic hydroxyl groups is 1. The van der Waals surface area contributed by atoms with Crippen molar-refractivity contribution in [3.05, 3.63) is 29.8 Å². The van der Waals surface area contributed by atoms with Gasteiger partial charge in [-0.25, -0.2) is 0 Å². The third-order valence-electron chi connectivity index (χ3n) is 3.75. The minimum absolute atomic E-state index is 0.0298. The van der Waals surface area contributed by atoms with Crippen LogP contribution in [-0.2, 0) is 15.1 Å². The number of carbonyl (C=O) groups is 1. The maximum absolute atomic E-state index is 11.7. The van der Waals surface area contributed by atoms with E-state index >= 15 is 0 Å². The van der Waals surface area contributed by atoms with E-state index in [-0.39, 0.29) is 12.8 Å². The van der Waals surface area contributed by atoms with Crippen molar-refractivity contribution in [3.8, 4) is 11.8 Å². The van der Waals surface area contributed by atoms with Gasteiger partial charge in [-0.05, 0) is 31.0 Å². The molecule has 0 amide bonds. The summed E-state index contributed by atoms with van der Waals surface area (Å²) in [6.07, 6.45) is 0.974. The van der Waals surface area contributed by atoms with Gasteiger partial charge in [0, 0.05) is 0 Å². The van der Waals surface area contributed by atoms with Crippen LogP contribution in [0.15, 0.2) is 24.3 Å². The molecule has 0 saturated heterocycles. The Balaban J connectivity index is 2.92. The molecule has 2 N–H and O–H groups in total. The van der Waals surface area contributed by atoms with Crippen molar-refractivity contribution in [2.24, 2.45) is 0 Å². The Morgan fingerprint density at radius 3 is 2.62 bits per heavy atom. The second kappa shape index (κ2) is 9.91. The van der Waals surface area contributed by atoms with Crippen molar-refractivity contribution in [3.63, 3.8) is 0 Å². The predicted octanol–water partition coefficient (Wildman–Crippen LogP) is 2.47. The number of benzene rings is 1. The van der Waals surface area contributed by atoms with Crippen LogP contribution in [0, 0.1) is 11.3 Å². The van der Waals surface area contributed by atoms with E-state index in [0.29, 0.717) is 6.61 Å². The lowest BCUT2D eigenvalue weighted by molar-refractivity contribution is -0.142. The van der Waals surface area contributed by atoms with Crippen molar-refractivity contribution in [2.45, 2.75) is 51.3 Å². The zero-order chi connectivity index (χ0) is 18.0. The molecule has 2 unspecified atom stereocenters. The summed E-state index contributed by atoms with van der Waals surface area (Å²) in [5, 5.41) is 21.6. The molecule has 0 aliphatic rings. The number of hydrogen-bond donors (Lipinski definition) is 2. The quantitative estimate of drug-likeness (QED) is 0.388. The van der Waals surface area contributed by atoms with Gasteiger partial charge in [0.25, 0.3) is 0 Å². The zero-order valence-corrected chi connectivity index (χ0v) is 14.5. The molecule has 132 valence electrons. The van der Waals surface area contributed by atoms with Crippen molar-refractivity contribution in [2.75, 3.05) is 13.7 Å². The Hall–Kier alpha value is -2.10. The number of nitrogens with one attached hydrogen (secondary N) is 1. The van der Waals surface area contributed by atoms with Gasteiger partial charge in [-0.1, -0.05) is 25.5 Å². The highest BCUT2D eigenvalue weighted by Crippen LogP contribution is 2.28. The first kappa shape index (κ1) is 19.9. The molecule has 2 atom stereocenters. The maximum atomic E-state index is 11.7. The van der Waals surface area contributed by atoms with Gasteiger partial charge in [-0.2, -0.15) is 5.26 Å². The maximum Gasteiger partial charge on any atom is 0.307 e. The number of methoxy groups -OCH3 is 1. The molecular formula is C18H26N2O4. The number of hydrogen-bond acceptors (Lipinski definition) is 6. The molecule has 0 bridgehead atoms. The molecule has 0 aromatic heterocycles. The molecule has 0 radical (unpaired) electrons. The van der Waals surface area contributed by atoms with E-state index in [9.17, 15) is 9.90 Å². The smallest absolute Gasteiger partial charge is 0.307 e. The third-order valence-corrected chi connectivity index (χ3v) is 3.75. The lowest BCUT2D eigenvalue weighted by Gasteiger charge is -2.32. The monoisotopic (exact) mass is 334 g/mol. The Labute approximate surface area is 143 Å². The van der Waals surface area contributed by atoms with E-state index < -0.39 is 17.7 Å². The van der Waals surface area contributed by atoms with E-state index in [1.54, 1.807) is 6.92 Å². The van der Waals surface area contributed by atoms with Crippen LogP contribution in [-0.4, -0.2) is 31.0 Å². The fraction of sp³-hybridized carbons (Fsp3) is 0.556. The Morgan fingerprint density at radius 2 is 2.08 bits per heavy atom. The highest BCUT2D eigenvalue weighted by atomic mass is 16.5. The van der Waals surface area contributed by atoms with Crippen molar-refractivity contribution in [1.29, 1.82) is 5.26 Å². The van der Waals surface area contributed by atoms with Crippen LogP contribution in [0.2, 0.25) is 0 Å². The van der Waals surface area contributed by atoms with Gasteiger partial charge < -0.3 is 14.6 Å². The summed E-state index contributed by atoms with van der Waals surface area (Å²) in [6.45, 7) is 4.55. The van der Waals surface area contributed by atoms with Gasteiger partial charge >= 0.3 is 5.97 Å². The highest BCUT2D eigenvalue weighted by molar-refractivity contribution is 5.71. The number of ether oxygens (including phenoxy) is 2. The second-order valence-corrected chi connectivity index (χ2v) is 5.83. The Bertz CT molecular complexity index is 553. The molecule has 24 heavy (non-hydrogen) atoms. The fourth-order valence-electron chi connectivity index (χ4n) is 2.36. The summed E-state index contributed by atoms with van der Waals surface area (Å²) in [5.74, 6) is 0.350. The highest BCUT2D eigenvalue weighted by Gasteiger charge is 2.32. The predicted molar refractivity (Wildman–Crippen MR) is 90.2 cm³/mol. The van der Waals surface area contributed by atoms with Crippen molar-refractivity contribution >= 4 is 5.97 Å². The van der Waals surface area contributed by atoms with E-state index in [1.807, 2.05) is 30.3 Å². The van der Waals surface area contributed by atoms with Crippen LogP contribution >= 0.6 is 0 Å². The van der Waals surface area contributed by atoms with Crippen LogP contribution in [0.5, 0.6) is 5.75 Å². The van der Waals surface area contributed by atoms with Gasteiger partial charge in [-0.3, -0.25) is 10.1 Å². The number of carbonyl (C=O) groups excluding carboxylic acids is 1. The minimum atomic E-state index is -1.04. The summed E-state index contributed by atoms with van der Waals surface area (Å²) >= 11 is 0. The van der Waals surface area contributed by atoms with Crippen LogP contribution in [0.4, 0.5) is 0 Å². The molecule has 0 aliphatic heterocycles. The first-order valence-corrected chi connectivity index (χ1v) is 8.08. The molecule has 0 spiro atoms. The molecule has 0 saturated carbocycles. The number of nitriles is 1. The molecule has 0 heterocycles. The second-order valence-electron chi connectivity index (χ2n) is 5.83. The fourth-order valence-corrected chi connectivity index (χ4v) is 2.36. The van der Waals surface area contributed by atoms with E-state index in [4.69, 9.17) is 14.7 Å². The molecule has 0 aliphatic carbocycles. The lowest BCUT2D eigenvalue weighted by atomic mass is 9.88. The average molecular weight is 334 g/mol. The summed E-state index contributed by atoms with van der Waals surface area (Å²) < 4.78 is 10.4. The molecule has 0 fully saturated rings. The van der Waals surface area contributed by atoms with Crippen molar-refractivity contribution < 1.29 is 19.4 Å².